The summed E-state index contributed by atoms with van der Waals surface area (Å²) in [6.45, 7) is 9.65. The molecule has 210 valence electrons. The molecule has 2 rings (SSSR count). The number of carbonyl (C=O) groups excluding carboxylic acids is 5. The third-order valence-electron chi connectivity index (χ3n) is 5.83. The molecule has 0 radical (unpaired) electrons. The van der Waals surface area contributed by atoms with Crippen LogP contribution in [-0.4, -0.2) is 66.4 Å². The summed E-state index contributed by atoms with van der Waals surface area (Å²) in [6, 6.07) is 0.129. The highest BCUT2D eigenvalue weighted by molar-refractivity contribution is 5.98. The first-order chi connectivity index (χ1) is 18.0. The molecule has 38 heavy (non-hydrogen) atoms. The third-order valence-corrected chi connectivity index (χ3v) is 5.83. The molecule has 0 aliphatic carbocycles. The molecule has 0 spiro atoms. The lowest BCUT2D eigenvalue weighted by molar-refractivity contribution is -0.176. The van der Waals surface area contributed by atoms with Crippen LogP contribution >= 0.6 is 0 Å². The minimum atomic E-state index is -1.40. The van der Waals surface area contributed by atoms with Crippen molar-refractivity contribution in [3.63, 3.8) is 0 Å². The summed E-state index contributed by atoms with van der Waals surface area (Å²) in [6.07, 6.45) is -0.0225. The van der Waals surface area contributed by atoms with Crippen molar-refractivity contribution in [3.8, 4) is 5.75 Å². The number of aromatic nitrogens is 1. The van der Waals surface area contributed by atoms with Crippen LogP contribution in [0.15, 0.2) is 12.3 Å². The number of carbonyl (C=O) groups is 5. The average Bonchev–Trinajstić information content (AvgIpc) is 2.90. The second kappa shape index (κ2) is 14.3. The molecule has 0 unspecified atom stereocenters. The van der Waals surface area contributed by atoms with Crippen LogP contribution in [0.3, 0.4) is 0 Å². The van der Waals surface area contributed by atoms with Crippen LogP contribution in [0.5, 0.6) is 5.75 Å². The van der Waals surface area contributed by atoms with Crippen molar-refractivity contribution in [3.05, 3.63) is 23.5 Å². The summed E-state index contributed by atoms with van der Waals surface area (Å²) >= 11 is 0. The van der Waals surface area contributed by atoms with Crippen LogP contribution in [0.4, 0.5) is 4.79 Å². The van der Waals surface area contributed by atoms with Crippen LogP contribution in [0.25, 0.3) is 0 Å². The average molecular weight is 537 g/mol. The number of rotatable bonds is 9. The Morgan fingerprint density at radius 3 is 2.53 bits per heavy atom. The third kappa shape index (κ3) is 8.15. The van der Waals surface area contributed by atoms with Crippen molar-refractivity contribution >= 4 is 30.0 Å². The van der Waals surface area contributed by atoms with E-state index in [0.29, 0.717) is 12.0 Å². The van der Waals surface area contributed by atoms with Crippen LogP contribution in [0, 0.1) is 18.8 Å². The molecule has 1 aliphatic heterocycles. The van der Waals surface area contributed by atoms with Gasteiger partial charge >= 0.3 is 24.1 Å². The first-order valence-electron chi connectivity index (χ1n) is 12.7. The van der Waals surface area contributed by atoms with Gasteiger partial charge in [-0.3, -0.25) is 14.4 Å². The van der Waals surface area contributed by atoms with Gasteiger partial charge in [-0.15, -0.1) is 0 Å². The van der Waals surface area contributed by atoms with Crippen molar-refractivity contribution in [1.82, 2.24) is 10.3 Å². The Bertz CT molecular complexity index is 1030. The van der Waals surface area contributed by atoms with Crippen molar-refractivity contribution < 1.29 is 47.7 Å². The standard InChI is InChI=1S/C26H36N2O10/c1-7-9-12-34-26(33)38-20-15(5)10-11-27-19(20)22(29)28-18-13-35-24(31)17(8-2)21(16(6)36-25(18)32)37-23(30)14(3)4/h10-11,14,16-18,21H,7-9,12-13H2,1-6H3,(H,28,29)/t16-,17+,18-,21-/m0/s1. The van der Waals surface area contributed by atoms with E-state index in [1.54, 1.807) is 27.7 Å². The van der Waals surface area contributed by atoms with Crippen LogP contribution in [0.1, 0.15) is 69.9 Å². The fourth-order valence-corrected chi connectivity index (χ4v) is 3.56. The van der Waals surface area contributed by atoms with Crippen molar-refractivity contribution in [2.75, 3.05) is 13.2 Å². The fourth-order valence-electron chi connectivity index (χ4n) is 3.56. The van der Waals surface area contributed by atoms with Gasteiger partial charge in [0, 0.05) is 6.20 Å². The predicted molar refractivity (Wildman–Crippen MR) is 132 cm³/mol. The normalized spacial score (nSPS) is 21.8. The number of ether oxygens (including phenoxy) is 5. The molecule has 0 aromatic carbocycles. The van der Waals surface area contributed by atoms with E-state index in [-0.39, 0.29) is 24.5 Å². The Labute approximate surface area is 221 Å². The second-order valence-electron chi connectivity index (χ2n) is 9.23. The SMILES string of the molecule is CCCCOC(=O)Oc1c(C)ccnc1C(=O)N[C@H]1COC(=O)[C@H](CC)[C@@H](OC(=O)C(C)C)[C@H](C)OC1=O. The molecule has 12 heteroatoms. The molecule has 4 atom stereocenters. The monoisotopic (exact) mass is 536 g/mol. The Morgan fingerprint density at radius 2 is 1.89 bits per heavy atom. The quantitative estimate of drug-likeness (QED) is 0.281. The predicted octanol–water partition coefficient (Wildman–Crippen LogP) is 2.89. The molecule has 0 saturated carbocycles. The Balaban J connectivity index is 2.24. The van der Waals surface area contributed by atoms with Gasteiger partial charge in [0.05, 0.1) is 18.4 Å². The summed E-state index contributed by atoms with van der Waals surface area (Å²) in [5, 5.41) is 2.43. The number of nitrogens with zero attached hydrogens (tertiary/aromatic N) is 1. The molecule has 1 aliphatic rings. The molecular formula is C26H36N2O10. The molecular weight excluding hydrogens is 500 g/mol. The maximum absolute atomic E-state index is 13.1. The molecule has 1 fully saturated rings. The number of amides is 1. The lowest BCUT2D eigenvalue weighted by Gasteiger charge is -2.29. The van der Waals surface area contributed by atoms with E-state index >= 15 is 0 Å². The van der Waals surface area contributed by atoms with Gasteiger partial charge < -0.3 is 29.0 Å². The summed E-state index contributed by atoms with van der Waals surface area (Å²) in [5.74, 6) is -4.52. The zero-order valence-corrected chi connectivity index (χ0v) is 22.6. The van der Waals surface area contributed by atoms with Gasteiger partial charge in [-0.05, 0) is 38.3 Å². The fraction of sp³-hybridized carbons (Fsp3) is 0.615. The Kier molecular flexibility index (Phi) is 11.5. The summed E-state index contributed by atoms with van der Waals surface area (Å²) in [4.78, 5) is 67.2. The maximum atomic E-state index is 13.1. The van der Waals surface area contributed by atoms with Crippen LogP contribution in [-0.2, 0) is 33.3 Å². The molecule has 1 saturated heterocycles. The van der Waals surface area contributed by atoms with E-state index in [9.17, 15) is 24.0 Å². The number of unbranched alkanes of at least 4 members (excludes halogenated alkanes) is 1. The van der Waals surface area contributed by atoms with Crippen LogP contribution < -0.4 is 10.1 Å². The smallest absolute Gasteiger partial charge is 0.463 e. The zero-order valence-electron chi connectivity index (χ0n) is 22.6. The number of aryl methyl sites for hydroxylation is 1. The molecule has 0 bridgehead atoms. The Hall–Kier alpha value is -3.70. The minimum absolute atomic E-state index is 0.139. The van der Waals surface area contributed by atoms with Gasteiger partial charge in [0.25, 0.3) is 5.91 Å². The van der Waals surface area contributed by atoms with Crippen LogP contribution in [0.2, 0.25) is 0 Å². The van der Waals surface area contributed by atoms with E-state index < -0.39 is 66.7 Å². The topological polar surface area (TPSA) is 156 Å². The Morgan fingerprint density at radius 1 is 1.18 bits per heavy atom. The lowest BCUT2D eigenvalue weighted by Crippen LogP contribution is -2.47. The van der Waals surface area contributed by atoms with Gasteiger partial charge in [0.2, 0.25) is 0 Å². The lowest BCUT2D eigenvalue weighted by atomic mass is 9.95. The largest absolute Gasteiger partial charge is 0.513 e. The van der Waals surface area contributed by atoms with E-state index in [1.165, 1.54) is 19.2 Å². The highest BCUT2D eigenvalue weighted by Crippen LogP contribution is 2.25. The van der Waals surface area contributed by atoms with Gasteiger partial charge in [-0.2, -0.15) is 0 Å². The number of hydrogen-bond acceptors (Lipinski definition) is 11. The van der Waals surface area contributed by atoms with Gasteiger partial charge in [-0.1, -0.05) is 34.1 Å². The maximum Gasteiger partial charge on any atom is 0.513 e. The molecule has 1 N–H and O–H groups in total. The van der Waals surface area contributed by atoms with Gasteiger partial charge in [0.15, 0.2) is 23.6 Å². The van der Waals surface area contributed by atoms with E-state index in [1.807, 2.05) is 6.92 Å². The molecule has 12 nitrogen and oxygen atoms in total. The summed E-state index contributed by atoms with van der Waals surface area (Å²) < 4.78 is 26.5. The minimum Gasteiger partial charge on any atom is -0.463 e. The zero-order chi connectivity index (χ0) is 28.4. The van der Waals surface area contributed by atoms with Crippen molar-refractivity contribution in [2.24, 2.45) is 11.8 Å². The molecule has 2 heterocycles. The summed E-state index contributed by atoms with van der Waals surface area (Å²) in [5.41, 5.74) is 0.148. The van der Waals surface area contributed by atoms with Crippen molar-refractivity contribution in [2.45, 2.75) is 79.1 Å². The van der Waals surface area contributed by atoms with Gasteiger partial charge in [-0.25, -0.2) is 14.6 Å². The first-order valence-corrected chi connectivity index (χ1v) is 12.7. The van der Waals surface area contributed by atoms with Crippen molar-refractivity contribution in [1.29, 1.82) is 0 Å². The van der Waals surface area contributed by atoms with E-state index in [0.717, 1.165) is 6.42 Å². The highest BCUT2D eigenvalue weighted by atomic mass is 16.7. The molecule has 1 amide bonds. The molecule has 1 aromatic rings. The first kappa shape index (κ1) is 30.5. The number of nitrogens with one attached hydrogen (secondary N) is 1. The highest BCUT2D eigenvalue weighted by Gasteiger charge is 2.41. The second-order valence-corrected chi connectivity index (χ2v) is 9.23. The van der Waals surface area contributed by atoms with E-state index in [2.05, 4.69) is 10.3 Å². The number of esters is 3. The number of cyclic esters (lactones) is 2. The summed E-state index contributed by atoms with van der Waals surface area (Å²) in [7, 11) is 0. The van der Waals surface area contributed by atoms with Gasteiger partial charge in [0.1, 0.15) is 12.7 Å². The molecule has 1 aromatic heterocycles. The number of hydrogen-bond donors (Lipinski definition) is 1. The number of pyridine rings is 1. The van der Waals surface area contributed by atoms with E-state index in [4.69, 9.17) is 23.7 Å².